The van der Waals surface area contributed by atoms with Gasteiger partial charge in [-0.2, -0.15) is 0 Å². The highest BCUT2D eigenvalue weighted by molar-refractivity contribution is 7.47. The maximum Gasteiger partial charge on any atom is 0.472 e. The van der Waals surface area contributed by atoms with Crippen LogP contribution in [0.3, 0.4) is 0 Å². The van der Waals surface area contributed by atoms with Crippen molar-refractivity contribution in [2.75, 3.05) is 26.4 Å². The third kappa shape index (κ3) is 56.1. The average molecular weight is 1110 g/mol. The summed E-state index contributed by atoms with van der Waals surface area (Å²) in [5.74, 6) is -1.67. The molecular formula is C66H105O11P. The molecule has 0 saturated carbocycles. The van der Waals surface area contributed by atoms with Gasteiger partial charge in [-0.3, -0.25) is 23.4 Å². The lowest BCUT2D eigenvalue weighted by molar-refractivity contribution is -0.161. The maximum atomic E-state index is 12.9. The molecule has 0 aromatic rings. The zero-order valence-electron chi connectivity index (χ0n) is 48.6. The van der Waals surface area contributed by atoms with E-state index in [1.165, 1.54) is 57.8 Å². The molecular weight excluding hydrogens is 1000 g/mol. The summed E-state index contributed by atoms with van der Waals surface area (Å²) in [7, 11) is -4.80. The Morgan fingerprint density at radius 1 is 0.372 bits per heavy atom. The molecule has 0 rings (SSSR count). The van der Waals surface area contributed by atoms with Gasteiger partial charge < -0.3 is 24.2 Å². The van der Waals surface area contributed by atoms with E-state index in [9.17, 15) is 28.9 Å². The van der Waals surface area contributed by atoms with Crippen LogP contribution in [0, 0.1) is 0 Å². The van der Waals surface area contributed by atoms with Crippen LogP contribution in [0.25, 0.3) is 0 Å². The number of carbonyl (C=O) groups is 3. The molecule has 3 unspecified atom stereocenters. The number of ether oxygens (including phenoxy) is 3. The highest BCUT2D eigenvalue weighted by atomic mass is 31.2. The van der Waals surface area contributed by atoms with E-state index in [0.29, 0.717) is 25.7 Å². The number of phosphoric ester groups is 1. The lowest BCUT2D eigenvalue weighted by Gasteiger charge is -2.21. The topological polar surface area (TPSA) is 155 Å². The molecule has 0 aliphatic heterocycles. The summed E-state index contributed by atoms with van der Waals surface area (Å²) in [5, 5.41) is 9.80. The summed E-state index contributed by atoms with van der Waals surface area (Å²) in [6.07, 6.45) is 75.5. The highest BCUT2D eigenvalue weighted by Gasteiger charge is 2.28. The Kier molecular flexibility index (Phi) is 55.0. The number of allylic oxidation sites excluding steroid dienone is 24. The van der Waals surface area contributed by atoms with Crippen molar-refractivity contribution in [1.82, 2.24) is 0 Å². The summed E-state index contributed by atoms with van der Waals surface area (Å²) in [6.45, 7) is 4.20. The average Bonchev–Trinajstić information content (AvgIpc) is 3.43. The first-order chi connectivity index (χ1) is 38.2. The monoisotopic (exact) mass is 1100 g/mol. The van der Waals surface area contributed by atoms with Crippen molar-refractivity contribution >= 4 is 25.7 Å². The minimum atomic E-state index is -4.80. The number of esters is 3. The van der Waals surface area contributed by atoms with Gasteiger partial charge in [-0.1, -0.05) is 224 Å². The second-order valence-corrected chi connectivity index (χ2v) is 20.5. The maximum absolute atomic E-state index is 12.9. The number of aliphatic hydroxyl groups excluding tert-OH is 1. The first-order valence-corrected chi connectivity index (χ1v) is 31.2. The Morgan fingerprint density at radius 2 is 0.692 bits per heavy atom. The lowest BCUT2D eigenvalue weighted by Crippen LogP contribution is -2.30. The van der Waals surface area contributed by atoms with Crippen LogP contribution in [0.1, 0.15) is 213 Å². The molecule has 0 heterocycles. The number of aliphatic hydroxyl groups is 1. The van der Waals surface area contributed by atoms with E-state index in [4.69, 9.17) is 23.3 Å². The van der Waals surface area contributed by atoms with Crippen LogP contribution in [-0.2, 0) is 42.2 Å². The zero-order chi connectivity index (χ0) is 56.9. The molecule has 0 spiro atoms. The molecule has 0 amide bonds. The second kappa shape index (κ2) is 58.5. The Hall–Kier alpha value is -4.64. The van der Waals surface area contributed by atoms with Crippen molar-refractivity contribution in [3.63, 3.8) is 0 Å². The van der Waals surface area contributed by atoms with E-state index in [2.05, 4.69) is 136 Å². The Labute approximate surface area is 473 Å². The molecule has 3 atom stereocenters. The Balaban J connectivity index is 4.91. The van der Waals surface area contributed by atoms with Crippen molar-refractivity contribution in [3.05, 3.63) is 146 Å². The van der Waals surface area contributed by atoms with E-state index in [-0.39, 0.29) is 25.9 Å². The molecule has 12 heteroatoms. The van der Waals surface area contributed by atoms with Gasteiger partial charge in [-0.15, -0.1) is 0 Å². The third-order valence-electron chi connectivity index (χ3n) is 11.8. The van der Waals surface area contributed by atoms with E-state index >= 15 is 0 Å². The van der Waals surface area contributed by atoms with Crippen molar-refractivity contribution in [1.29, 1.82) is 0 Å². The highest BCUT2D eigenvalue weighted by Crippen LogP contribution is 2.43. The summed E-state index contributed by atoms with van der Waals surface area (Å²) < 4.78 is 39.4. The minimum absolute atomic E-state index is 0.0282. The molecule has 2 N–H and O–H groups in total. The Morgan fingerprint density at radius 3 is 1.08 bits per heavy atom. The van der Waals surface area contributed by atoms with E-state index in [0.717, 1.165) is 89.9 Å². The largest absolute Gasteiger partial charge is 0.472 e. The second-order valence-electron chi connectivity index (χ2n) is 19.0. The molecule has 0 fully saturated rings. The number of carbonyl (C=O) groups excluding carboxylic acids is 3. The van der Waals surface area contributed by atoms with Gasteiger partial charge in [-0.05, 0) is 116 Å². The summed E-state index contributed by atoms with van der Waals surface area (Å²) in [4.78, 5) is 48.5. The predicted octanol–water partition coefficient (Wildman–Crippen LogP) is 17.9. The first-order valence-electron chi connectivity index (χ1n) is 29.7. The minimum Gasteiger partial charge on any atom is -0.462 e. The molecule has 0 bridgehead atoms. The van der Waals surface area contributed by atoms with E-state index < -0.39 is 57.8 Å². The number of rotatable bonds is 53. The molecule has 0 aromatic heterocycles. The predicted molar refractivity (Wildman–Crippen MR) is 325 cm³/mol. The van der Waals surface area contributed by atoms with Crippen LogP contribution in [0.5, 0.6) is 0 Å². The fourth-order valence-corrected chi connectivity index (χ4v) is 8.09. The van der Waals surface area contributed by atoms with Crippen LogP contribution in [-0.4, -0.2) is 66.5 Å². The number of hydrogen-bond acceptors (Lipinski definition) is 10. The number of unbranched alkanes of at least 4 members (excludes halogenated alkanes) is 12. The smallest absolute Gasteiger partial charge is 0.462 e. The van der Waals surface area contributed by atoms with Crippen molar-refractivity contribution in [3.8, 4) is 0 Å². The van der Waals surface area contributed by atoms with Crippen LogP contribution in [0.4, 0.5) is 0 Å². The molecule has 78 heavy (non-hydrogen) atoms. The molecule has 11 nitrogen and oxygen atoms in total. The van der Waals surface area contributed by atoms with Gasteiger partial charge in [0.15, 0.2) is 6.10 Å². The normalized spacial score (nSPS) is 14.4. The van der Waals surface area contributed by atoms with Gasteiger partial charge >= 0.3 is 25.7 Å². The van der Waals surface area contributed by atoms with Gasteiger partial charge in [0.1, 0.15) is 12.7 Å². The van der Waals surface area contributed by atoms with Crippen LogP contribution in [0.15, 0.2) is 146 Å². The van der Waals surface area contributed by atoms with E-state index in [1.54, 1.807) is 0 Å². The van der Waals surface area contributed by atoms with Crippen LogP contribution >= 0.6 is 7.82 Å². The fourth-order valence-electron chi connectivity index (χ4n) is 7.31. The first kappa shape index (κ1) is 73.4. The molecule has 0 aliphatic rings. The van der Waals surface area contributed by atoms with E-state index in [1.807, 2.05) is 30.4 Å². The zero-order valence-corrected chi connectivity index (χ0v) is 49.5. The summed E-state index contributed by atoms with van der Waals surface area (Å²) >= 11 is 0. The van der Waals surface area contributed by atoms with Crippen molar-refractivity contribution < 1.29 is 52.2 Å². The SMILES string of the molecule is CC/C=C\C/C=C\C/C=C\C/C=C\C/C=C\C/C=C\CCC(=O)OC(COC(=O)CCCCCCCCCCC/C=C\C/C=C\CCCCC)COP(=O)(O)OCC(CO)OC(=O)CC/C=C\C/C=C\C/C=C\C/C=C\CC. The lowest BCUT2D eigenvalue weighted by atomic mass is 10.1. The third-order valence-corrected chi connectivity index (χ3v) is 12.7. The van der Waals surface area contributed by atoms with Gasteiger partial charge in [0.05, 0.1) is 19.8 Å². The van der Waals surface area contributed by atoms with Gasteiger partial charge in [0.25, 0.3) is 0 Å². The van der Waals surface area contributed by atoms with Crippen molar-refractivity contribution in [2.24, 2.45) is 0 Å². The molecule has 0 aromatic carbocycles. The summed E-state index contributed by atoms with van der Waals surface area (Å²) in [6, 6.07) is 0. The van der Waals surface area contributed by atoms with Crippen LogP contribution < -0.4 is 0 Å². The number of hydrogen-bond donors (Lipinski definition) is 2. The molecule has 440 valence electrons. The molecule has 0 radical (unpaired) electrons. The molecule has 0 saturated heterocycles. The fraction of sp³-hybridized carbons (Fsp3) is 0.591. The van der Waals surface area contributed by atoms with Gasteiger partial charge in [0.2, 0.25) is 0 Å². The molecule has 0 aliphatic carbocycles. The standard InChI is InChI=1S/C66H105O11P/c1-4-7-10-13-16-19-22-25-27-29-31-33-35-38-40-43-46-49-52-55-64(68)73-59-63(77-66(70)57-54-51-48-45-42-39-36-34-32-30-28-26-23-20-17-14-11-8-5-2)61-75-78(71,72)74-60-62(58-67)76-65(69)56-53-50-47-44-41-37-24-21-18-15-12-9-6-3/h8-9,11-12,16-21,25-28,32,34,37,39,41-42,47-48,50-51,62-63,67H,4-7,10,13-15,22-24,29-31,33,35-36,38,40,43-46,49,52-61H2,1-3H3,(H,71,72)/b11-8-,12-9-,19-16-,20-17-,21-18-,27-25-,28-26-,34-32-,41-37-,42-39-,50-47-,51-48-. The Bertz CT molecular complexity index is 1860. The summed E-state index contributed by atoms with van der Waals surface area (Å²) in [5.41, 5.74) is 0. The van der Waals surface area contributed by atoms with Gasteiger partial charge in [0, 0.05) is 19.3 Å². The number of phosphoric acid groups is 1. The quantitative estimate of drug-likeness (QED) is 0.0197. The van der Waals surface area contributed by atoms with Crippen molar-refractivity contribution in [2.45, 2.75) is 226 Å². The van der Waals surface area contributed by atoms with Gasteiger partial charge in [-0.25, -0.2) is 4.57 Å². The van der Waals surface area contributed by atoms with Crippen LogP contribution in [0.2, 0.25) is 0 Å².